The van der Waals surface area contributed by atoms with Gasteiger partial charge in [0.2, 0.25) is 5.95 Å². The van der Waals surface area contributed by atoms with Gasteiger partial charge in [0.25, 0.3) is 0 Å². The van der Waals surface area contributed by atoms with Gasteiger partial charge < -0.3 is 21.3 Å². The third-order valence-corrected chi connectivity index (χ3v) is 4.97. The lowest BCUT2D eigenvalue weighted by Crippen LogP contribution is -2.08. The molecule has 0 saturated heterocycles. The number of pyridine rings is 2. The molecule has 4 rings (SSSR count). The van der Waals surface area contributed by atoms with Crippen LogP contribution in [0.5, 0.6) is 0 Å². The Hall–Kier alpha value is -4.63. The number of anilines is 1. The second kappa shape index (κ2) is 14.7. The van der Waals surface area contributed by atoms with E-state index in [1.807, 2.05) is 74.5 Å². The smallest absolute Gasteiger partial charge is 0.337 e. The van der Waals surface area contributed by atoms with Gasteiger partial charge in [-0.3, -0.25) is 0 Å². The van der Waals surface area contributed by atoms with E-state index in [9.17, 15) is 14.0 Å². The maximum atomic E-state index is 12.0. The molecule has 2 aromatic carbocycles. The molecule has 2 atom stereocenters. The minimum Gasteiger partial charge on any atom is -0.478 e. The lowest BCUT2D eigenvalue weighted by Gasteiger charge is -2.14. The van der Waals surface area contributed by atoms with E-state index >= 15 is 0 Å². The van der Waals surface area contributed by atoms with Crippen LogP contribution in [0, 0.1) is 5.95 Å². The highest BCUT2D eigenvalue weighted by Crippen LogP contribution is 2.17. The van der Waals surface area contributed by atoms with E-state index in [1.165, 1.54) is 17.8 Å². The van der Waals surface area contributed by atoms with Crippen molar-refractivity contribution in [1.29, 1.82) is 0 Å². The summed E-state index contributed by atoms with van der Waals surface area (Å²) in [5.41, 5.74) is 8.14. The van der Waals surface area contributed by atoms with Crippen molar-refractivity contribution in [1.82, 2.24) is 9.97 Å². The summed E-state index contributed by atoms with van der Waals surface area (Å²) >= 11 is 0. The molecule has 0 bridgehead atoms. The maximum Gasteiger partial charge on any atom is 0.337 e. The molecule has 0 aliphatic rings. The van der Waals surface area contributed by atoms with Gasteiger partial charge in [-0.05, 0) is 49.2 Å². The Morgan fingerprint density at radius 3 is 1.62 bits per heavy atom. The number of hydrogen-bond donors (Lipinski definition) is 4. The van der Waals surface area contributed by atoms with E-state index in [2.05, 4.69) is 15.3 Å². The van der Waals surface area contributed by atoms with Crippen molar-refractivity contribution in [3.63, 3.8) is 0 Å². The number of carboxylic acid groups (broad SMARTS) is 2. The van der Waals surface area contributed by atoms with Crippen LogP contribution in [0.15, 0.2) is 97.3 Å². The first-order valence-electron chi connectivity index (χ1n) is 11.3. The molecule has 0 spiro atoms. The predicted octanol–water partition coefficient (Wildman–Crippen LogP) is 5.58. The number of carbonyl (C=O) groups is 2. The average Bonchev–Trinajstić information content (AvgIpc) is 2.91. The van der Waals surface area contributed by atoms with Crippen LogP contribution in [0.4, 0.5) is 10.2 Å². The lowest BCUT2D eigenvalue weighted by atomic mass is 10.1. The topological polar surface area (TPSA) is 138 Å². The molecule has 0 unspecified atom stereocenters. The van der Waals surface area contributed by atoms with Crippen molar-refractivity contribution in [2.45, 2.75) is 25.9 Å². The Kier molecular flexibility index (Phi) is 11.4. The summed E-state index contributed by atoms with van der Waals surface area (Å²) in [7, 11) is 0. The second-order valence-electron chi connectivity index (χ2n) is 7.89. The monoisotopic (exact) mass is 504 g/mol. The summed E-state index contributed by atoms with van der Waals surface area (Å²) in [6.07, 6.45) is 2.32. The fraction of sp³-hybridized carbons (Fsp3) is 0.143. The highest BCUT2D eigenvalue weighted by atomic mass is 19.1. The number of halogens is 1. The summed E-state index contributed by atoms with van der Waals surface area (Å²) in [4.78, 5) is 28.1. The second-order valence-corrected chi connectivity index (χ2v) is 7.89. The Morgan fingerprint density at radius 1 is 0.757 bits per heavy atom. The molecule has 4 aromatic rings. The van der Waals surface area contributed by atoms with Gasteiger partial charge in [-0.25, -0.2) is 19.6 Å². The van der Waals surface area contributed by atoms with E-state index in [-0.39, 0.29) is 23.2 Å². The number of aromatic carboxylic acids is 2. The number of hydrogen-bond acceptors (Lipinski definition) is 6. The molecule has 0 saturated carbocycles. The maximum absolute atomic E-state index is 12.0. The molecular formula is C28H29FN4O4. The van der Waals surface area contributed by atoms with Gasteiger partial charge in [0.05, 0.1) is 11.1 Å². The van der Waals surface area contributed by atoms with Crippen molar-refractivity contribution in [2.24, 2.45) is 5.73 Å². The Bertz CT molecular complexity index is 1240. The van der Waals surface area contributed by atoms with Crippen LogP contribution in [0.2, 0.25) is 0 Å². The van der Waals surface area contributed by atoms with Crippen LogP contribution < -0.4 is 11.1 Å². The Morgan fingerprint density at radius 2 is 1.24 bits per heavy atom. The number of nitrogens with two attached hydrogens (primary N) is 1. The summed E-state index contributed by atoms with van der Waals surface area (Å²) < 4.78 is 12.0. The first-order valence-corrected chi connectivity index (χ1v) is 11.3. The van der Waals surface area contributed by atoms with Crippen molar-refractivity contribution in [3.05, 3.63) is 126 Å². The zero-order chi connectivity index (χ0) is 27.2. The quantitative estimate of drug-likeness (QED) is 0.250. The Labute approximate surface area is 214 Å². The third kappa shape index (κ3) is 10.3. The number of rotatable bonds is 6. The first kappa shape index (κ1) is 28.6. The van der Waals surface area contributed by atoms with E-state index < -0.39 is 17.9 Å². The third-order valence-electron chi connectivity index (χ3n) is 4.97. The largest absolute Gasteiger partial charge is 0.478 e. The molecule has 9 heteroatoms. The molecule has 5 N–H and O–H groups in total. The van der Waals surface area contributed by atoms with Gasteiger partial charge in [0.1, 0.15) is 5.82 Å². The summed E-state index contributed by atoms with van der Waals surface area (Å²) in [6, 6.07) is 25.7. The van der Waals surface area contributed by atoms with Crippen LogP contribution in [0.25, 0.3) is 0 Å². The van der Waals surface area contributed by atoms with Gasteiger partial charge in [-0.1, -0.05) is 60.7 Å². The molecule has 192 valence electrons. The standard InChI is InChI=1S/C14H14N2O2.C8H11N.C6H4FNO2/c1-10(11-5-3-2-4-6-11)16-13-8-7-12(9-15-13)14(17)18;1-7(9)8-5-3-2-4-6-8;7-5-2-1-4(3-8-5)6(9)10/h2-10H,1H3,(H,15,16)(H,17,18);2-7H,9H2,1H3;1-3H,(H,9,10)/t10-;7-;/m00./s1. The molecule has 0 radical (unpaired) electrons. The normalized spacial score (nSPS) is 11.5. The molecular weight excluding hydrogens is 475 g/mol. The van der Waals surface area contributed by atoms with Crippen LogP contribution >= 0.6 is 0 Å². The van der Waals surface area contributed by atoms with Gasteiger partial charge in [0.15, 0.2) is 0 Å². The Balaban J connectivity index is 0.000000214. The predicted molar refractivity (Wildman–Crippen MR) is 140 cm³/mol. The van der Waals surface area contributed by atoms with E-state index in [0.717, 1.165) is 23.9 Å². The number of aromatic nitrogens is 2. The minimum atomic E-state index is -1.10. The van der Waals surface area contributed by atoms with E-state index in [1.54, 1.807) is 6.07 Å². The van der Waals surface area contributed by atoms with Crippen LogP contribution in [-0.2, 0) is 0 Å². The van der Waals surface area contributed by atoms with E-state index in [4.69, 9.17) is 15.9 Å². The van der Waals surface area contributed by atoms with Crippen LogP contribution in [0.1, 0.15) is 57.8 Å². The minimum absolute atomic E-state index is 0.0126. The molecule has 0 aliphatic heterocycles. The number of nitrogens with one attached hydrogen (secondary N) is 1. The first-order chi connectivity index (χ1) is 17.7. The number of benzene rings is 2. The van der Waals surface area contributed by atoms with Gasteiger partial charge in [-0.2, -0.15) is 4.39 Å². The molecule has 2 heterocycles. The fourth-order valence-electron chi connectivity index (χ4n) is 2.91. The van der Waals surface area contributed by atoms with Crippen molar-refractivity contribution >= 4 is 17.8 Å². The van der Waals surface area contributed by atoms with Gasteiger partial charge in [-0.15, -0.1) is 0 Å². The lowest BCUT2D eigenvalue weighted by molar-refractivity contribution is 0.0685. The van der Waals surface area contributed by atoms with Crippen molar-refractivity contribution in [3.8, 4) is 0 Å². The summed E-state index contributed by atoms with van der Waals surface area (Å²) in [6.45, 7) is 4.01. The van der Waals surface area contributed by atoms with Gasteiger partial charge >= 0.3 is 11.9 Å². The highest BCUT2D eigenvalue weighted by Gasteiger charge is 2.07. The van der Waals surface area contributed by atoms with Crippen LogP contribution in [-0.4, -0.2) is 32.1 Å². The zero-order valence-electron chi connectivity index (χ0n) is 20.5. The number of carboxylic acids is 2. The zero-order valence-corrected chi connectivity index (χ0v) is 20.5. The summed E-state index contributed by atoms with van der Waals surface area (Å²) in [5, 5.41) is 20.3. The van der Waals surface area contributed by atoms with E-state index in [0.29, 0.717) is 5.82 Å². The molecule has 0 amide bonds. The molecule has 2 aromatic heterocycles. The summed E-state index contributed by atoms with van der Waals surface area (Å²) in [5.74, 6) is -2.08. The SMILES string of the molecule is C[C@H](N)c1ccccc1.C[C@H](Nc1ccc(C(=O)O)cn1)c1ccccc1.O=C(O)c1ccc(F)nc1. The molecule has 8 nitrogen and oxygen atoms in total. The molecule has 0 aliphatic carbocycles. The van der Waals surface area contributed by atoms with Crippen molar-refractivity contribution in [2.75, 3.05) is 5.32 Å². The van der Waals surface area contributed by atoms with Gasteiger partial charge in [0, 0.05) is 24.5 Å². The van der Waals surface area contributed by atoms with Crippen LogP contribution in [0.3, 0.4) is 0 Å². The highest BCUT2D eigenvalue weighted by molar-refractivity contribution is 5.87. The van der Waals surface area contributed by atoms with Crippen molar-refractivity contribution < 1.29 is 24.2 Å². The fourth-order valence-corrected chi connectivity index (χ4v) is 2.91. The molecule has 0 fully saturated rings. The number of nitrogens with zero attached hydrogens (tertiary/aromatic N) is 2. The average molecular weight is 505 g/mol. The molecule has 37 heavy (non-hydrogen) atoms.